The number of nitrogens with one attached hydrogen (secondary N) is 1. The monoisotopic (exact) mass is 413 g/mol. The fraction of sp³-hybridized carbons (Fsp3) is 0.478. The third kappa shape index (κ3) is 4.63. The van der Waals surface area contributed by atoms with Crippen molar-refractivity contribution in [2.45, 2.75) is 50.2 Å². The third-order valence-corrected chi connectivity index (χ3v) is 6.38. The van der Waals surface area contributed by atoms with Gasteiger partial charge < -0.3 is 15.3 Å². The summed E-state index contributed by atoms with van der Waals surface area (Å²) in [5.41, 5.74) is 2.45. The van der Waals surface area contributed by atoms with Crippen LogP contribution in [-0.4, -0.2) is 46.1 Å². The Hall–Kier alpha value is -1.95. The smallest absolute Gasteiger partial charge is 0.237 e. The molecule has 154 valence electrons. The van der Waals surface area contributed by atoms with Crippen molar-refractivity contribution in [3.63, 3.8) is 0 Å². The fourth-order valence-corrected chi connectivity index (χ4v) is 4.78. The maximum Gasteiger partial charge on any atom is 0.237 e. The Bertz CT molecular complexity index is 867. The number of aromatic nitrogens is 1. The van der Waals surface area contributed by atoms with E-state index in [4.69, 9.17) is 11.6 Å². The van der Waals surface area contributed by atoms with Crippen molar-refractivity contribution in [3.05, 3.63) is 64.4 Å². The van der Waals surface area contributed by atoms with Crippen LogP contribution in [0.1, 0.15) is 55.0 Å². The van der Waals surface area contributed by atoms with Gasteiger partial charge in [-0.3, -0.25) is 9.78 Å². The molecule has 1 aliphatic carbocycles. The zero-order valence-corrected chi connectivity index (χ0v) is 17.4. The second-order valence-electron chi connectivity index (χ2n) is 8.23. The molecule has 0 bridgehead atoms. The predicted octanol–water partition coefficient (Wildman–Crippen LogP) is 3.49. The van der Waals surface area contributed by atoms with Crippen molar-refractivity contribution < 1.29 is 9.90 Å². The van der Waals surface area contributed by atoms with E-state index in [2.05, 4.69) is 22.4 Å². The zero-order chi connectivity index (χ0) is 20.3. The highest BCUT2D eigenvalue weighted by Crippen LogP contribution is 2.35. The maximum atomic E-state index is 13.1. The lowest BCUT2D eigenvalue weighted by Gasteiger charge is -2.38. The number of carbonyl (C=O) groups is 1. The van der Waals surface area contributed by atoms with Crippen LogP contribution in [0.3, 0.4) is 0 Å². The fourth-order valence-electron chi connectivity index (χ4n) is 4.62. The van der Waals surface area contributed by atoms with E-state index in [1.165, 1.54) is 12.0 Å². The molecule has 1 atom stereocenters. The van der Waals surface area contributed by atoms with Gasteiger partial charge in [0.15, 0.2) is 0 Å². The molecule has 1 fully saturated rings. The Morgan fingerprint density at radius 2 is 2.03 bits per heavy atom. The molecule has 2 aliphatic rings. The van der Waals surface area contributed by atoms with E-state index in [0.29, 0.717) is 18.1 Å². The highest BCUT2D eigenvalue weighted by atomic mass is 35.5. The average molecular weight is 414 g/mol. The number of fused-ring (bicyclic) bond motifs is 1. The summed E-state index contributed by atoms with van der Waals surface area (Å²) in [5, 5.41) is 14.5. The number of nitrogens with zero attached hydrogens (tertiary/aromatic N) is 2. The van der Waals surface area contributed by atoms with E-state index < -0.39 is 5.60 Å². The quantitative estimate of drug-likeness (QED) is 0.787. The van der Waals surface area contributed by atoms with Crippen LogP contribution in [0.4, 0.5) is 0 Å². The van der Waals surface area contributed by atoms with Gasteiger partial charge in [-0.25, -0.2) is 0 Å². The van der Waals surface area contributed by atoms with E-state index in [-0.39, 0.29) is 18.5 Å². The van der Waals surface area contributed by atoms with Crippen molar-refractivity contribution in [1.82, 2.24) is 15.2 Å². The first-order valence-electron chi connectivity index (χ1n) is 10.5. The van der Waals surface area contributed by atoms with Crippen LogP contribution in [-0.2, 0) is 11.2 Å². The molecule has 2 aromatic rings. The van der Waals surface area contributed by atoms with Crippen molar-refractivity contribution in [2.24, 2.45) is 0 Å². The van der Waals surface area contributed by atoms with E-state index in [9.17, 15) is 9.90 Å². The molecule has 0 spiro atoms. The highest BCUT2D eigenvalue weighted by Gasteiger charge is 2.33. The molecule has 4 rings (SSSR count). The number of pyridine rings is 1. The first-order valence-corrected chi connectivity index (χ1v) is 10.9. The topological polar surface area (TPSA) is 65.5 Å². The van der Waals surface area contributed by atoms with E-state index >= 15 is 0 Å². The first kappa shape index (κ1) is 20.3. The minimum absolute atomic E-state index is 0.0192. The molecule has 2 N–H and O–H groups in total. The van der Waals surface area contributed by atoms with Crippen LogP contribution in [0.15, 0.2) is 42.6 Å². The van der Waals surface area contributed by atoms with Gasteiger partial charge in [0.1, 0.15) is 0 Å². The van der Waals surface area contributed by atoms with Crippen LogP contribution in [0.5, 0.6) is 0 Å². The van der Waals surface area contributed by atoms with Gasteiger partial charge in [-0.1, -0.05) is 55.1 Å². The van der Waals surface area contributed by atoms with Crippen molar-refractivity contribution in [3.8, 4) is 0 Å². The Kier molecular flexibility index (Phi) is 6.18. The molecular weight excluding hydrogens is 386 g/mol. The van der Waals surface area contributed by atoms with Gasteiger partial charge >= 0.3 is 0 Å². The SMILES string of the molecule is O=C(CNCC1(O)CCCCC1)N1CCc2ccccc2C1c1cc(Cl)ccn1. The summed E-state index contributed by atoms with van der Waals surface area (Å²) in [7, 11) is 0. The molecule has 5 nitrogen and oxygen atoms in total. The number of benzene rings is 1. The lowest BCUT2D eigenvalue weighted by Crippen LogP contribution is -2.48. The van der Waals surface area contributed by atoms with Gasteiger partial charge in [0.25, 0.3) is 0 Å². The van der Waals surface area contributed by atoms with Gasteiger partial charge in [0.05, 0.1) is 23.9 Å². The second-order valence-corrected chi connectivity index (χ2v) is 8.66. The molecule has 29 heavy (non-hydrogen) atoms. The molecule has 1 saturated carbocycles. The average Bonchev–Trinajstić information content (AvgIpc) is 2.73. The summed E-state index contributed by atoms with van der Waals surface area (Å²) < 4.78 is 0. The minimum atomic E-state index is -0.680. The third-order valence-electron chi connectivity index (χ3n) is 6.14. The number of hydrogen-bond acceptors (Lipinski definition) is 4. The standard InChI is InChI=1S/C23H28ClN3O2/c24-18-8-12-26-20(14-18)22-19-7-3-2-6-17(19)9-13-27(22)21(28)15-25-16-23(29)10-4-1-5-11-23/h2-3,6-8,12,14,22,25,29H,1,4-5,9-11,13,15-16H2. The maximum absolute atomic E-state index is 13.1. The Balaban J connectivity index is 1.51. The molecule has 6 heteroatoms. The molecule has 1 aliphatic heterocycles. The van der Waals surface area contributed by atoms with Gasteiger partial charge in [-0.15, -0.1) is 0 Å². The molecule has 1 aromatic heterocycles. The minimum Gasteiger partial charge on any atom is -0.389 e. The number of amides is 1. The summed E-state index contributed by atoms with van der Waals surface area (Å²) in [4.78, 5) is 19.6. The Morgan fingerprint density at radius 3 is 2.83 bits per heavy atom. The molecule has 1 unspecified atom stereocenters. The molecule has 0 saturated heterocycles. The number of carbonyl (C=O) groups excluding carboxylic acids is 1. The van der Waals surface area contributed by atoms with Crippen LogP contribution in [0, 0.1) is 0 Å². The number of rotatable bonds is 5. The summed E-state index contributed by atoms with van der Waals surface area (Å²) in [6, 6.07) is 11.6. The second kappa shape index (κ2) is 8.82. The summed E-state index contributed by atoms with van der Waals surface area (Å²) in [6.45, 7) is 1.31. The van der Waals surface area contributed by atoms with Crippen LogP contribution >= 0.6 is 11.6 Å². The summed E-state index contributed by atoms with van der Waals surface area (Å²) in [6.07, 6.45) is 7.41. The summed E-state index contributed by atoms with van der Waals surface area (Å²) >= 11 is 6.22. The number of halogens is 1. The van der Waals surface area contributed by atoms with Crippen LogP contribution < -0.4 is 5.32 Å². The van der Waals surface area contributed by atoms with E-state index in [0.717, 1.165) is 43.4 Å². The van der Waals surface area contributed by atoms with Gasteiger partial charge in [-0.2, -0.15) is 0 Å². The van der Waals surface area contributed by atoms with Crippen LogP contribution in [0.25, 0.3) is 0 Å². The molecule has 1 amide bonds. The molecule has 0 radical (unpaired) electrons. The largest absolute Gasteiger partial charge is 0.389 e. The Labute approximate surface area is 177 Å². The summed E-state index contributed by atoms with van der Waals surface area (Å²) in [5.74, 6) is 0.0192. The van der Waals surface area contributed by atoms with Gasteiger partial charge in [-0.05, 0) is 42.5 Å². The van der Waals surface area contributed by atoms with Crippen molar-refractivity contribution in [1.29, 1.82) is 0 Å². The predicted molar refractivity (Wildman–Crippen MR) is 114 cm³/mol. The van der Waals surface area contributed by atoms with E-state index in [1.807, 2.05) is 23.1 Å². The lowest BCUT2D eigenvalue weighted by molar-refractivity contribution is -0.132. The molecular formula is C23H28ClN3O2. The lowest BCUT2D eigenvalue weighted by atomic mass is 9.85. The van der Waals surface area contributed by atoms with Crippen molar-refractivity contribution >= 4 is 17.5 Å². The van der Waals surface area contributed by atoms with Crippen LogP contribution in [0.2, 0.25) is 5.02 Å². The van der Waals surface area contributed by atoms with Gasteiger partial charge in [0.2, 0.25) is 5.91 Å². The zero-order valence-electron chi connectivity index (χ0n) is 16.6. The first-order chi connectivity index (χ1) is 14.1. The normalized spacial score (nSPS) is 20.9. The molecule has 1 aromatic carbocycles. The van der Waals surface area contributed by atoms with E-state index in [1.54, 1.807) is 12.3 Å². The number of aliphatic hydroxyl groups is 1. The Morgan fingerprint density at radius 1 is 1.24 bits per heavy atom. The van der Waals surface area contributed by atoms with Gasteiger partial charge in [0, 0.05) is 24.3 Å². The highest BCUT2D eigenvalue weighted by molar-refractivity contribution is 6.30. The van der Waals surface area contributed by atoms with Crippen molar-refractivity contribution in [2.75, 3.05) is 19.6 Å². The molecule has 2 heterocycles. The number of hydrogen-bond donors (Lipinski definition) is 2.